The normalized spacial score (nSPS) is 11.0. The van der Waals surface area contributed by atoms with E-state index in [2.05, 4.69) is 20.5 Å². The van der Waals surface area contributed by atoms with Gasteiger partial charge < -0.3 is 4.74 Å². The van der Waals surface area contributed by atoms with Gasteiger partial charge in [-0.15, -0.1) is 10.2 Å². The van der Waals surface area contributed by atoms with E-state index in [4.69, 9.17) is 40.2 Å². The van der Waals surface area contributed by atoms with Crippen LogP contribution in [0.2, 0.25) is 10.0 Å². The van der Waals surface area contributed by atoms with Crippen LogP contribution in [-0.2, 0) is 6.54 Å². The lowest BCUT2D eigenvalue weighted by atomic mass is 10.2. The molecule has 7 nitrogen and oxygen atoms in total. The van der Waals surface area contributed by atoms with E-state index in [0.717, 1.165) is 11.3 Å². The zero-order valence-electron chi connectivity index (χ0n) is 14.6. The van der Waals surface area contributed by atoms with Crippen molar-refractivity contribution in [3.8, 4) is 22.8 Å². The smallest absolute Gasteiger partial charge is 0.209 e. The second kappa shape index (κ2) is 7.75. The number of aromatic amines is 1. The van der Waals surface area contributed by atoms with Gasteiger partial charge in [-0.2, -0.15) is 4.80 Å². The van der Waals surface area contributed by atoms with Gasteiger partial charge in [-0.3, -0.25) is 5.10 Å². The van der Waals surface area contributed by atoms with Crippen LogP contribution in [-0.4, -0.2) is 37.1 Å². The summed E-state index contributed by atoms with van der Waals surface area (Å²) < 4.78 is 7.33. The first-order valence-corrected chi connectivity index (χ1v) is 9.38. The molecule has 0 aliphatic carbocycles. The Kier molecular flexibility index (Phi) is 5.17. The van der Waals surface area contributed by atoms with Gasteiger partial charge in [-0.1, -0.05) is 47.6 Å². The molecule has 2 aromatic heterocycles. The molecule has 0 atom stereocenters. The van der Waals surface area contributed by atoms with Crippen molar-refractivity contribution in [1.82, 2.24) is 30.0 Å². The van der Waals surface area contributed by atoms with Gasteiger partial charge in [0, 0.05) is 11.2 Å². The van der Waals surface area contributed by atoms with Crippen LogP contribution in [0.25, 0.3) is 17.1 Å². The summed E-state index contributed by atoms with van der Waals surface area (Å²) in [6.07, 6.45) is 1.72. The molecule has 10 heteroatoms. The molecule has 142 valence electrons. The number of aromatic nitrogens is 6. The largest absolute Gasteiger partial charge is 0.497 e. The molecular formula is C18H14Cl2N6OS. The van der Waals surface area contributed by atoms with E-state index in [1.54, 1.807) is 36.2 Å². The number of benzene rings is 2. The van der Waals surface area contributed by atoms with Crippen LogP contribution in [0.1, 0.15) is 5.56 Å². The van der Waals surface area contributed by atoms with Crippen molar-refractivity contribution >= 4 is 35.4 Å². The number of methoxy groups -OCH3 is 1. The molecule has 2 aromatic carbocycles. The Hall–Kier alpha value is -2.68. The van der Waals surface area contributed by atoms with Crippen LogP contribution < -0.4 is 4.74 Å². The predicted octanol–water partition coefficient (Wildman–Crippen LogP) is 4.55. The summed E-state index contributed by atoms with van der Waals surface area (Å²) in [5.74, 6) is 1.23. The third-order valence-corrected chi connectivity index (χ3v) is 5.04. The highest BCUT2D eigenvalue weighted by atomic mass is 35.5. The predicted molar refractivity (Wildman–Crippen MR) is 110 cm³/mol. The number of hydrogen-bond donors (Lipinski definition) is 1. The molecule has 0 saturated heterocycles. The van der Waals surface area contributed by atoms with Gasteiger partial charge in [0.2, 0.25) is 5.82 Å². The quantitative estimate of drug-likeness (QED) is 0.468. The van der Waals surface area contributed by atoms with Gasteiger partial charge in [-0.05, 0) is 41.1 Å². The highest BCUT2D eigenvalue weighted by Crippen LogP contribution is 2.26. The molecule has 0 spiro atoms. The number of H-pyrrole nitrogens is 1. The standard InChI is InChI=1S/C18H14Cl2N6OS/c1-27-13-5-2-11(3-6-13)10-25-23-17(22-24-25)14-9-21-26(18(14)28)16-7-4-12(19)8-15(16)20/h2-9,21H,10H2,1H3. The molecule has 0 amide bonds. The fourth-order valence-electron chi connectivity index (χ4n) is 2.68. The summed E-state index contributed by atoms with van der Waals surface area (Å²) in [5.41, 5.74) is 2.37. The van der Waals surface area contributed by atoms with E-state index in [1.165, 1.54) is 4.80 Å². The average Bonchev–Trinajstić information content (AvgIpc) is 3.29. The van der Waals surface area contributed by atoms with E-state index in [-0.39, 0.29) is 0 Å². The molecule has 0 unspecified atom stereocenters. The molecule has 0 saturated carbocycles. The van der Waals surface area contributed by atoms with Crippen molar-refractivity contribution in [3.63, 3.8) is 0 Å². The van der Waals surface area contributed by atoms with Gasteiger partial charge in [0.15, 0.2) is 0 Å². The van der Waals surface area contributed by atoms with E-state index >= 15 is 0 Å². The van der Waals surface area contributed by atoms with Crippen molar-refractivity contribution in [2.24, 2.45) is 0 Å². The van der Waals surface area contributed by atoms with E-state index in [9.17, 15) is 0 Å². The Balaban J connectivity index is 1.60. The maximum absolute atomic E-state index is 6.28. The summed E-state index contributed by atoms with van der Waals surface area (Å²) in [5, 5.41) is 16.8. The van der Waals surface area contributed by atoms with Crippen LogP contribution >= 0.6 is 35.4 Å². The average molecular weight is 433 g/mol. The number of tetrazole rings is 1. The van der Waals surface area contributed by atoms with Crippen LogP contribution in [0.15, 0.2) is 48.7 Å². The summed E-state index contributed by atoms with van der Waals surface area (Å²) in [6.45, 7) is 0.483. The van der Waals surface area contributed by atoms with Crippen LogP contribution in [0.4, 0.5) is 0 Å². The maximum atomic E-state index is 6.28. The van der Waals surface area contributed by atoms with Crippen molar-refractivity contribution in [2.75, 3.05) is 7.11 Å². The van der Waals surface area contributed by atoms with Gasteiger partial charge in [0.05, 0.1) is 29.9 Å². The molecule has 0 radical (unpaired) electrons. The van der Waals surface area contributed by atoms with Gasteiger partial charge in [-0.25, -0.2) is 4.68 Å². The van der Waals surface area contributed by atoms with E-state index in [1.807, 2.05) is 24.3 Å². The number of rotatable bonds is 5. The van der Waals surface area contributed by atoms with E-state index < -0.39 is 0 Å². The molecule has 4 aromatic rings. The topological polar surface area (TPSA) is 73.5 Å². The molecule has 2 heterocycles. The molecular weight excluding hydrogens is 419 g/mol. The maximum Gasteiger partial charge on any atom is 0.209 e. The third-order valence-electron chi connectivity index (χ3n) is 4.10. The minimum Gasteiger partial charge on any atom is -0.497 e. The SMILES string of the molecule is COc1ccc(Cn2nnc(-c3c[nH]n(-c4ccc(Cl)cc4Cl)c3=S)n2)cc1. The Morgan fingerprint density at radius 3 is 2.64 bits per heavy atom. The molecule has 1 N–H and O–H groups in total. The number of halogens is 2. The Morgan fingerprint density at radius 1 is 1.14 bits per heavy atom. The van der Waals surface area contributed by atoms with Crippen LogP contribution in [0, 0.1) is 4.64 Å². The minimum absolute atomic E-state index is 0.429. The molecule has 0 aliphatic rings. The fraction of sp³-hybridized carbons (Fsp3) is 0.111. The molecule has 0 fully saturated rings. The first-order chi connectivity index (χ1) is 13.5. The first-order valence-electron chi connectivity index (χ1n) is 8.22. The summed E-state index contributed by atoms with van der Waals surface area (Å²) in [6, 6.07) is 12.9. The van der Waals surface area contributed by atoms with Crippen molar-refractivity contribution in [3.05, 3.63) is 68.9 Å². The third kappa shape index (κ3) is 3.66. The number of nitrogens with zero attached hydrogens (tertiary/aromatic N) is 5. The lowest BCUT2D eigenvalue weighted by Gasteiger charge is -2.05. The molecule has 4 rings (SSSR count). The fourth-order valence-corrected chi connectivity index (χ4v) is 3.48. The highest BCUT2D eigenvalue weighted by Gasteiger charge is 2.14. The lowest BCUT2D eigenvalue weighted by molar-refractivity contribution is 0.414. The monoisotopic (exact) mass is 432 g/mol. The zero-order chi connectivity index (χ0) is 19.7. The van der Waals surface area contributed by atoms with Crippen molar-refractivity contribution in [2.45, 2.75) is 6.54 Å². The molecule has 0 aliphatic heterocycles. The van der Waals surface area contributed by atoms with Crippen LogP contribution in [0.3, 0.4) is 0 Å². The summed E-state index contributed by atoms with van der Waals surface area (Å²) >= 11 is 17.8. The Bertz CT molecular complexity index is 1180. The Labute approximate surface area is 175 Å². The Morgan fingerprint density at radius 2 is 1.93 bits per heavy atom. The van der Waals surface area contributed by atoms with Crippen molar-refractivity contribution in [1.29, 1.82) is 0 Å². The van der Waals surface area contributed by atoms with E-state index in [0.29, 0.717) is 38.3 Å². The zero-order valence-corrected chi connectivity index (χ0v) is 17.0. The first kappa shape index (κ1) is 18.7. The van der Waals surface area contributed by atoms with Gasteiger partial charge in [0.1, 0.15) is 10.4 Å². The second-order valence-corrected chi connectivity index (χ2v) is 7.15. The minimum atomic E-state index is 0.429. The van der Waals surface area contributed by atoms with Crippen LogP contribution in [0.5, 0.6) is 5.75 Å². The number of hydrogen-bond acceptors (Lipinski definition) is 5. The highest BCUT2D eigenvalue weighted by molar-refractivity contribution is 7.71. The second-order valence-electron chi connectivity index (χ2n) is 5.91. The van der Waals surface area contributed by atoms with Gasteiger partial charge in [0.25, 0.3) is 0 Å². The van der Waals surface area contributed by atoms with Gasteiger partial charge >= 0.3 is 0 Å². The summed E-state index contributed by atoms with van der Waals surface area (Å²) in [4.78, 5) is 1.51. The number of nitrogens with one attached hydrogen (secondary N) is 1. The molecule has 0 bridgehead atoms. The summed E-state index contributed by atoms with van der Waals surface area (Å²) in [7, 11) is 1.63. The number of ether oxygens (including phenoxy) is 1. The lowest BCUT2D eigenvalue weighted by Crippen LogP contribution is -2.04. The molecule has 28 heavy (non-hydrogen) atoms. The van der Waals surface area contributed by atoms with Crippen molar-refractivity contribution < 1.29 is 4.74 Å².